The fourth-order valence-corrected chi connectivity index (χ4v) is 8.64. The molecule has 0 amide bonds. The van der Waals surface area contributed by atoms with Crippen LogP contribution in [-0.4, -0.2) is 51.7 Å². The summed E-state index contributed by atoms with van der Waals surface area (Å²) < 4.78 is 14.8. The van der Waals surface area contributed by atoms with Crippen LogP contribution in [0.15, 0.2) is 30.3 Å². The van der Waals surface area contributed by atoms with E-state index in [0.29, 0.717) is 51.8 Å². The lowest BCUT2D eigenvalue weighted by Crippen LogP contribution is -2.38. The van der Waals surface area contributed by atoms with Gasteiger partial charge in [0.05, 0.1) is 57.4 Å². The average Bonchev–Trinajstić information content (AvgIpc) is 3.27. The van der Waals surface area contributed by atoms with Crippen LogP contribution in [0.2, 0.25) is 10.0 Å². The van der Waals surface area contributed by atoms with Gasteiger partial charge in [-0.1, -0.05) is 52.2 Å². The summed E-state index contributed by atoms with van der Waals surface area (Å²) in [5.41, 5.74) is 5.25. The Kier molecular flexibility index (Phi) is 6.70. The standard InChI is InChI=1S/C31H31Cl2N5O3S/c1-40-30(39)17-11-21(16-4-2-5-16)28-26(12-17)42-31(34-28)37-14-18-10-20(37)13-25(18)41-15-24-29(35-36-38(24)19-8-9-19)27-22(32)6-3-7-23(27)33/h3,6-7,11-12,16,18-20,25H,2,4-5,8-10,13-15H2,1H3/t18-,20-,25+/m0/s1. The number of nitrogens with zero attached hydrogens (tertiary/aromatic N) is 5. The van der Waals surface area contributed by atoms with E-state index in [1.165, 1.54) is 19.1 Å². The quantitative estimate of drug-likeness (QED) is 0.189. The second-order valence-corrected chi connectivity index (χ2v) is 13.9. The predicted octanol–water partition coefficient (Wildman–Crippen LogP) is 7.43. The first-order valence-corrected chi connectivity index (χ1v) is 16.3. The van der Waals surface area contributed by atoms with Gasteiger partial charge in [-0.15, -0.1) is 5.10 Å². The van der Waals surface area contributed by atoms with Crippen LogP contribution in [0.25, 0.3) is 21.5 Å². The normalized spacial score (nSPS) is 23.6. The van der Waals surface area contributed by atoms with Gasteiger partial charge in [0.2, 0.25) is 0 Å². The van der Waals surface area contributed by atoms with Gasteiger partial charge in [0, 0.05) is 24.1 Å². The Bertz CT molecular complexity index is 1680. The number of benzene rings is 2. The van der Waals surface area contributed by atoms with Gasteiger partial charge < -0.3 is 14.4 Å². The van der Waals surface area contributed by atoms with Crippen molar-refractivity contribution < 1.29 is 14.3 Å². The van der Waals surface area contributed by atoms with E-state index in [9.17, 15) is 4.79 Å². The third-order valence-corrected chi connectivity index (χ3v) is 11.2. The number of carbonyl (C=O) groups excluding carboxylic acids is 1. The SMILES string of the molecule is COC(=O)c1cc(C2CCC2)c2nc(N3C[C@@H]4C[C@H]3C[C@H]4OCc3c(-c4c(Cl)cccc4Cl)nnn3C3CC3)sc2c1. The van der Waals surface area contributed by atoms with E-state index in [-0.39, 0.29) is 12.1 Å². The lowest BCUT2D eigenvalue weighted by atomic mass is 9.79. The van der Waals surface area contributed by atoms with Crippen LogP contribution in [-0.2, 0) is 16.1 Å². The highest BCUT2D eigenvalue weighted by Gasteiger charge is 2.46. The van der Waals surface area contributed by atoms with E-state index in [1.54, 1.807) is 11.3 Å². The number of methoxy groups -OCH3 is 1. The molecular formula is C31H31Cl2N5O3S. The van der Waals surface area contributed by atoms with Gasteiger partial charge >= 0.3 is 5.97 Å². The molecule has 2 aromatic heterocycles. The fourth-order valence-electron chi connectivity index (χ4n) is 6.94. The smallest absolute Gasteiger partial charge is 0.337 e. The van der Waals surface area contributed by atoms with E-state index in [0.717, 1.165) is 71.7 Å². The molecule has 3 saturated carbocycles. The lowest BCUT2D eigenvalue weighted by Gasteiger charge is -2.31. The van der Waals surface area contributed by atoms with E-state index in [4.69, 9.17) is 37.7 Å². The van der Waals surface area contributed by atoms with Gasteiger partial charge in [-0.2, -0.15) is 0 Å². The Hall–Kier alpha value is -2.72. The molecular weight excluding hydrogens is 593 g/mol. The maximum atomic E-state index is 12.4. The monoisotopic (exact) mass is 623 g/mol. The summed E-state index contributed by atoms with van der Waals surface area (Å²) >= 11 is 14.8. The molecule has 3 heterocycles. The van der Waals surface area contributed by atoms with E-state index >= 15 is 0 Å². The summed E-state index contributed by atoms with van der Waals surface area (Å²) in [4.78, 5) is 20.0. The minimum absolute atomic E-state index is 0.161. The fraction of sp³-hybridized carbons (Fsp3) is 0.484. The van der Waals surface area contributed by atoms with E-state index < -0.39 is 0 Å². The van der Waals surface area contributed by atoms with Gasteiger partial charge in [-0.25, -0.2) is 14.5 Å². The second kappa shape index (κ2) is 10.5. The van der Waals surface area contributed by atoms with Crippen molar-refractivity contribution in [3.05, 3.63) is 57.2 Å². The molecule has 4 aliphatic rings. The zero-order valence-electron chi connectivity index (χ0n) is 23.3. The first kappa shape index (κ1) is 26.9. The Morgan fingerprint density at radius 1 is 1.10 bits per heavy atom. The Balaban J connectivity index is 1.01. The molecule has 218 valence electrons. The van der Waals surface area contributed by atoms with Crippen molar-refractivity contribution in [3.63, 3.8) is 0 Å². The number of thiazole rings is 1. The molecule has 1 saturated heterocycles. The highest BCUT2D eigenvalue weighted by molar-refractivity contribution is 7.22. The van der Waals surface area contributed by atoms with Crippen LogP contribution in [0, 0.1) is 5.92 Å². The summed E-state index contributed by atoms with van der Waals surface area (Å²) in [6, 6.07) is 10.2. The topological polar surface area (TPSA) is 82.4 Å². The molecule has 3 atom stereocenters. The Morgan fingerprint density at radius 3 is 2.57 bits per heavy atom. The first-order chi connectivity index (χ1) is 20.5. The molecule has 42 heavy (non-hydrogen) atoms. The van der Waals surface area contributed by atoms with Crippen molar-refractivity contribution in [1.82, 2.24) is 20.0 Å². The molecule has 2 bridgehead atoms. The van der Waals surface area contributed by atoms with Crippen LogP contribution in [0.5, 0.6) is 0 Å². The number of ether oxygens (including phenoxy) is 2. The Labute approximate surface area is 257 Å². The minimum atomic E-state index is -0.286. The molecule has 2 aromatic carbocycles. The molecule has 11 heteroatoms. The molecule has 0 radical (unpaired) electrons. The van der Waals surface area contributed by atoms with Crippen LogP contribution in [0.1, 0.15) is 78.5 Å². The molecule has 0 N–H and O–H groups in total. The van der Waals surface area contributed by atoms with Crippen molar-refractivity contribution in [1.29, 1.82) is 0 Å². The largest absolute Gasteiger partial charge is 0.465 e. The molecule has 0 unspecified atom stereocenters. The molecule has 8 rings (SSSR count). The van der Waals surface area contributed by atoms with Gasteiger partial charge in [-0.05, 0) is 74.3 Å². The van der Waals surface area contributed by atoms with Crippen molar-refractivity contribution in [2.45, 2.75) is 75.7 Å². The highest BCUT2D eigenvalue weighted by atomic mass is 35.5. The average molecular weight is 625 g/mol. The number of piperidine rings is 1. The van der Waals surface area contributed by atoms with Crippen molar-refractivity contribution in [2.75, 3.05) is 18.6 Å². The number of halogens is 2. The van der Waals surface area contributed by atoms with Gasteiger partial charge in [-0.3, -0.25) is 0 Å². The number of aromatic nitrogens is 4. The van der Waals surface area contributed by atoms with E-state index in [2.05, 4.69) is 15.2 Å². The summed E-state index contributed by atoms with van der Waals surface area (Å²) in [7, 11) is 1.44. The lowest BCUT2D eigenvalue weighted by molar-refractivity contribution is 0.00958. The highest BCUT2D eigenvalue weighted by Crippen LogP contribution is 2.47. The predicted molar refractivity (Wildman–Crippen MR) is 164 cm³/mol. The maximum absolute atomic E-state index is 12.4. The number of anilines is 1. The molecule has 8 nitrogen and oxygen atoms in total. The van der Waals surface area contributed by atoms with Crippen LogP contribution >= 0.6 is 34.5 Å². The summed E-state index contributed by atoms with van der Waals surface area (Å²) in [5, 5.41) is 11.2. The van der Waals surface area contributed by atoms with E-state index in [1.807, 2.05) is 35.0 Å². The number of hydrogen-bond donors (Lipinski definition) is 0. The summed E-state index contributed by atoms with van der Waals surface area (Å²) in [5.74, 6) is 0.617. The van der Waals surface area contributed by atoms with Gasteiger partial charge in [0.1, 0.15) is 5.69 Å². The molecule has 4 aromatic rings. The summed E-state index contributed by atoms with van der Waals surface area (Å²) in [6.45, 7) is 1.34. The minimum Gasteiger partial charge on any atom is -0.465 e. The molecule has 0 spiro atoms. The van der Waals surface area contributed by atoms with Crippen LogP contribution < -0.4 is 4.90 Å². The number of fused-ring (bicyclic) bond motifs is 3. The molecule has 3 aliphatic carbocycles. The Morgan fingerprint density at radius 2 is 1.90 bits per heavy atom. The second-order valence-electron chi connectivity index (χ2n) is 12.1. The van der Waals surface area contributed by atoms with Crippen molar-refractivity contribution >= 4 is 55.9 Å². The van der Waals surface area contributed by atoms with Crippen LogP contribution in [0.4, 0.5) is 5.13 Å². The van der Waals surface area contributed by atoms with Crippen LogP contribution in [0.3, 0.4) is 0 Å². The van der Waals surface area contributed by atoms with Gasteiger partial charge in [0.25, 0.3) is 0 Å². The molecule has 4 fully saturated rings. The first-order valence-electron chi connectivity index (χ1n) is 14.8. The summed E-state index contributed by atoms with van der Waals surface area (Å²) in [6.07, 6.45) is 7.94. The number of rotatable bonds is 8. The number of carbonyl (C=O) groups is 1. The van der Waals surface area contributed by atoms with Crippen molar-refractivity contribution in [3.8, 4) is 11.3 Å². The maximum Gasteiger partial charge on any atom is 0.337 e. The van der Waals surface area contributed by atoms with Gasteiger partial charge in [0.15, 0.2) is 5.13 Å². The third-order valence-electron chi connectivity index (χ3n) is 9.52. The van der Waals surface area contributed by atoms with Crippen molar-refractivity contribution in [2.24, 2.45) is 5.92 Å². The zero-order chi connectivity index (χ0) is 28.5. The number of esters is 1. The zero-order valence-corrected chi connectivity index (χ0v) is 25.6. The third kappa shape index (κ3) is 4.51. The molecule has 1 aliphatic heterocycles. The number of hydrogen-bond acceptors (Lipinski definition) is 8.